The summed E-state index contributed by atoms with van der Waals surface area (Å²) in [6.45, 7) is 0. The molecule has 1 atom stereocenters. The highest BCUT2D eigenvalue weighted by atomic mass is 16.5. The van der Waals surface area contributed by atoms with Gasteiger partial charge in [-0.25, -0.2) is 9.97 Å². The Morgan fingerprint density at radius 3 is 2.91 bits per heavy atom. The van der Waals surface area contributed by atoms with Gasteiger partial charge < -0.3 is 15.0 Å². The first-order valence-corrected chi connectivity index (χ1v) is 7.72. The summed E-state index contributed by atoms with van der Waals surface area (Å²) >= 11 is 0. The van der Waals surface area contributed by atoms with Crippen LogP contribution in [0.5, 0.6) is 5.88 Å². The van der Waals surface area contributed by atoms with Crippen LogP contribution in [0.2, 0.25) is 0 Å². The Bertz CT molecular complexity index is 609. The summed E-state index contributed by atoms with van der Waals surface area (Å²) in [5.41, 5.74) is 6.78. The van der Waals surface area contributed by atoms with Gasteiger partial charge in [0.25, 0.3) is 0 Å². The van der Waals surface area contributed by atoms with Crippen molar-refractivity contribution in [3.63, 3.8) is 0 Å². The number of hydrogen-bond donors (Lipinski definition) is 1. The molecule has 7 heteroatoms. The molecule has 0 amide bonds. The predicted molar refractivity (Wildman–Crippen MR) is 80.0 cm³/mol. The van der Waals surface area contributed by atoms with Crippen LogP contribution in [0, 0.1) is 5.92 Å². The van der Waals surface area contributed by atoms with Crippen LogP contribution in [0.1, 0.15) is 50.5 Å². The van der Waals surface area contributed by atoms with E-state index in [9.17, 15) is 0 Å². The molecule has 2 N–H and O–H groups in total. The van der Waals surface area contributed by atoms with E-state index >= 15 is 0 Å². The van der Waals surface area contributed by atoms with Gasteiger partial charge in [0.1, 0.15) is 12.0 Å². The molecule has 0 aromatic carbocycles. The van der Waals surface area contributed by atoms with E-state index in [4.69, 9.17) is 15.0 Å². The molecule has 1 aliphatic rings. The van der Waals surface area contributed by atoms with E-state index in [-0.39, 0.29) is 6.04 Å². The number of methoxy groups -OCH3 is 1. The zero-order valence-corrected chi connectivity index (χ0v) is 12.7. The van der Waals surface area contributed by atoms with Crippen molar-refractivity contribution >= 4 is 0 Å². The minimum absolute atomic E-state index is 0.215. The summed E-state index contributed by atoms with van der Waals surface area (Å²) in [5, 5.41) is 3.96. The fraction of sp³-hybridized carbons (Fsp3) is 0.600. The van der Waals surface area contributed by atoms with Crippen LogP contribution in [0.3, 0.4) is 0 Å². The van der Waals surface area contributed by atoms with Crippen molar-refractivity contribution in [1.29, 1.82) is 0 Å². The number of nitrogens with zero attached hydrogens (tertiary/aromatic N) is 4. The van der Waals surface area contributed by atoms with Crippen molar-refractivity contribution in [1.82, 2.24) is 20.1 Å². The lowest BCUT2D eigenvalue weighted by Crippen LogP contribution is -2.17. The largest absolute Gasteiger partial charge is 0.481 e. The molecule has 0 spiro atoms. The van der Waals surface area contributed by atoms with Gasteiger partial charge in [0.05, 0.1) is 13.2 Å². The smallest absolute Gasteiger partial charge is 0.243 e. The van der Waals surface area contributed by atoms with Gasteiger partial charge in [0.2, 0.25) is 17.6 Å². The molecule has 1 saturated carbocycles. The van der Waals surface area contributed by atoms with Crippen molar-refractivity contribution in [2.24, 2.45) is 11.7 Å². The molecule has 2 heterocycles. The zero-order chi connectivity index (χ0) is 15.4. The molecule has 2 aromatic rings. The molecule has 118 valence electrons. The Morgan fingerprint density at radius 1 is 1.32 bits per heavy atom. The standard InChI is InChI=1S/C15H21N5O2/c1-21-13-8-12(17-9-18-13)14-19-15(22-20-14)11(16)7-10-5-3-2-4-6-10/h8-11H,2-7,16H2,1H3. The number of nitrogens with two attached hydrogens (primary N) is 1. The van der Waals surface area contributed by atoms with Crippen molar-refractivity contribution in [2.45, 2.75) is 44.6 Å². The highest BCUT2D eigenvalue weighted by Gasteiger charge is 2.22. The SMILES string of the molecule is COc1cc(-c2noc(C(N)CC3CCCCC3)n2)ncn1. The van der Waals surface area contributed by atoms with Gasteiger partial charge in [-0.15, -0.1) is 0 Å². The van der Waals surface area contributed by atoms with E-state index in [2.05, 4.69) is 20.1 Å². The minimum atomic E-state index is -0.215. The molecule has 0 radical (unpaired) electrons. The quantitative estimate of drug-likeness (QED) is 0.905. The van der Waals surface area contributed by atoms with Crippen LogP contribution >= 0.6 is 0 Å². The molecule has 3 rings (SSSR count). The monoisotopic (exact) mass is 303 g/mol. The van der Waals surface area contributed by atoms with Gasteiger partial charge in [0.15, 0.2) is 0 Å². The first kappa shape index (κ1) is 14.9. The van der Waals surface area contributed by atoms with Crippen LogP contribution in [0.15, 0.2) is 16.9 Å². The second kappa shape index (κ2) is 6.83. The van der Waals surface area contributed by atoms with Crippen molar-refractivity contribution in [3.8, 4) is 17.4 Å². The molecule has 7 nitrogen and oxygen atoms in total. The Balaban J connectivity index is 1.69. The molecule has 22 heavy (non-hydrogen) atoms. The van der Waals surface area contributed by atoms with Gasteiger partial charge >= 0.3 is 0 Å². The molecule has 1 unspecified atom stereocenters. The first-order valence-electron chi connectivity index (χ1n) is 7.72. The third-order valence-corrected chi connectivity index (χ3v) is 4.15. The molecule has 1 fully saturated rings. The van der Waals surface area contributed by atoms with Crippen molar-refractivity contribution in [3.05, 3.63) is 18.3 Å². The Kier molecular flexibility index (Phi) is 4.62. The maximum absolute atomic E-state index is 6.22. The average molecular weight is 303 g/mol. The number of ether oxygens (including phenoxy) is 1. The topological polar surface area (TPSA) is 100.0 Å². The number of hydrogen-bond acceptors (Lipinski definition) is 7. The van der Waals surface area contributed by atoms with E-state index in [1.54, 1.807) is 13.2 Å². The van der Waals surface area contributed by atoms with Crippen molar-refractivity contribution < 1.29 is 9.26 Å². The Hall–Kier alpha value is -2.02. The molecule has 0 aliphatic heterocycles. The summed E-state index contributed by atoms with van der Waals surface area (Å²) in [6.07, 6.45) is 8.74. The second-order valence-electron chi connectivity index (χ2n) is 5.75. The fourth-order valence-corrected chi connectivity index (χ4v) is 2.95. The molecule has 1 aliphatic carbocycles. The highest BCUT2D eigenvalue weighted by molar-refractivity contribution is 5.49. The third kappa shape index (κ3) is 3.41. The van der Waals surface area contributed by atoms with Gasteiger partial charge in [-0.2, -0.15) is 4.98 Å². The maximum Gasteiger partial charge on any atom is 0.243 e. The van der Waals surface area contributed by atoms with Crippen LogP contribution in [-0.4, -0.2) is 27.2 Å². The Labute approximate surface area is 129 Å². The summed E-state index contributed by atoms with van der Waals surface area (Å²) in [6, 6.07) is 1.45. The van der Waals surface area contributed by atoms with Gasteiger partial charge in [-0.05, 0) is 12.3 Å². The third-order valence-electron chi connectivity index (χ3n) is 4.15. The lowest BCUT2D eigenvalue weighted by Gasteiger charge is -2.22. The Morgan fingerprint density at radius 2 is 2.14 bits per heavy atom. The average Bonchev–Trinajstić information content (AvgIpc) is 3.06. The lowest BCUT2D eigenvalue weighted by atomic mass is 9.85. The van der Waals surface area contributed by atoms with E-state index < -0.39 is 0 Å². The molecular formula is C15H21N5O2. The summed E-state index contributed by atoms with van der Waals surface area (Å²) in [5.74, 6) is 2.01. The van der Waals surface area contributed by atoms with E-state index in [1.165, 1.54) is 38.4 Å². The van der Waals surface area contributed by atoms with Gasteiger partial charge in [-0.1, -0.05) is 37.3 Å². The minimum Gasteiger partial charge on any atom is -0.481 e. The predicted octanol–water partition coefficient (Wildman–Crippen LogP) is 2.51. The van der Waals surface area contributed by atoms with E-state index in [0.29, 0.717) is 29.2 Å². The van der Waals surface area contributed by atoms with E-state index in [0.717, 1.165) is 6.42 Å². The zero-order valence-electron chi connectivity index (χ0n) is 12.7. The van der Waals surface area contributed by atoms with Crippen molar-refractivity contribution in [2.75, 3.05) is 7.11 Å². The summed E-state index contributed by atoms with van der Waals surface area (Å²) in [7, 11) is 1.55. The normalized spacial score (nSPS) is 17.4. The molecule has 2 aromatic heterocycles. The molecule has 0 saturated heterocycles. The fourth-order valence-electron chi connectivity index (χ4n) is 2.95. The molecular weight excluding hydrogens is 282 g/mol. The molecule has 0 bridgehead atoms. The lowest BCUT2D eigenvalue weighted by molar-refractivity contribution is 0.284. The van der Waals surface area contributed by atoms with Crippen LogP contribution in [-0.2, 0) is 0 Å². The maximum atomic E-state index is 6.22. The van der Waals surface area contributed by atoms with Gasteiger partial charge in [0, 0.05) is 6.07 Å². The number of aromatic nitrogens is 4. The highest BCUT2D eigenvalue weighted by Crippen LogP contribution is 2.30. The summed E-state index contributed by atoms with van der Waals surface area (Å²) < 4.78 is 10.4. The first-order chi connectivity index (χ1) is 10.8. The second-order valence-corrected chi connectivity index (χ2v) is 5.75. The van der Waals surface area contributed by atoms with Crippen LogP contribution in [0.4, 0.5) is 0 Å². The van der Waals surface area contributed by atoms with E-state index in [1.807, 2.05) is 0 Å². The van der Waals surface area contributed by atoms with Crippen LogP contribution < -0.4 is 10.5 Å². The van der Waals surface area contributed by atoms with Gasteiger partial charge in [-0.3, -0.25) is 0 Å². The summed E-state index contributed by atoms with van der Waals surface area (Å²) in [4.78, 5) is 12.5. The number of rotatable bonds is 5. The van der Waals surface area contributed by atoms with Crippen LogP contribution in [0.25, 0.3) is 11.5 Å².